The summed E-state index contributed by atoms with van der Waals surface area (Å²) >= 11 is 3.19. The van der Waals surface area contributed by atoms with Gasteiger partial charge < -0.3 is 10.4 Å². The fourth-order valence-electron chi connectivity index (χ4n) is 1.60. The van der Waals surface area contributed by atoms with Crippen molar-refractivity contribution in [1.29, 1.82) is 0 Å². The molecule has 1 saturated carbocycles. The van der Waals surface area contributed by atoms with Crippen LogP contribution in [0.2, 0.25) is 0 Å². The Kier molecular flexibility index (Phi) is 3.49. The predicted octanol–water partition coefficient (Wildman–Crippen LogP) is 2.09. The highest BCUT2D eigenvalue weighted by Crippen LogP contribution is 2.44. The molecule has 1 aliphatic carbocycles. The molecule has 2 rings (SSSR count). The summed E-state index contributed by atoms with van der Waals surface area (Å²) in [7, 11) is 0. The van der Waals surface area contributed by atoms with Gasteiger partial charge in [0.1, 0.15) is 5.82 Å². The summed E-state index contributed by atoms with van der Waals surface area (Å²) in [5, 5.41) is 11.8. The summed E-state index contributed by atoms with van der Waals surface area (Å²) in [5.41, 5.74) is -0.147. The van der Waals surface area contributed by atoms with Gasteiger partial charge in [-0.1, -0.05) is 15.9 Å². The Morgan fingerprint density at radius 2 is 2.24 bits per heavy atom. The number of aliphatic hydroxyl groups is 1. The third kappa shape index (κ3) is 2.84. The standard InChI is InChI=1S/C12H13BrFNO2/c13-8-1-2-10(14)9(5-8)11(17)15-6-12(7-16)3-4-12/h1-2,5,16H,3-4,6-7H2,(H,15,17). The van der Waals surface area contributed by atoms with Crippen molar-refractivity contribution in [3.8, 4) is 0 Å². The maximum atomic E-state index is 13.4. The Labute approximate surface area is 107 Å². The SMILES string of the molecule is O=C(NCC1(CO)CC1)c1cc(Br)ccc1F. The van der Waals surface area contributed by atoms with Crippen molar-refractivity contribution in [1.82, 2.24) is 5.32 Å². The lowest BCUT2D eigenvalue weighted by Gasteiger charge is -2.13. The molecule has 0 bridgehead atoms. The van der Waals surface area contributed by atoms with Crippen molar-refractivity contribution in [2.24, 2.45) is 5.41 Å². The number of carbonyl (C=O) groups is 1. The van der Waals surface area contributed by atoms with Crippen LogP contribution in [0, 0.1) is 11.2 Å². The molecule has 1 aromatic carbocycles. The van der Waals surface area contributed by atoms with Gasteiger partial charge in [-0.15, -0.1) is 0 Å². The van der Waals surface area contributed by atoms with E-state index in [4.69, 9.17) is 5.11 Å². The zero-order chi connectivity index (χ0) is 12.5. The third-order valence-corrected chi connectivity index (χ3v) is 3.58. The molecule has 0 unspecified atom stereocenters. The maximum Gasteiger partial charge on any atom is 0.254 e. The minimum absolute atomic E-state index is 0.0214. The van der Waals surface area contributed by atoms with Crippen molar-refractivity contribution >= 4 is 21.8 Å². The Hall–Kier alpha value is -0.940. The molecule has 0 aromatic heterocycles. The van der Waals surface area contributed by atoms with Crippen molar-refractivity contribution < 1.29 is 14.3 Å². The number of hydrogen-bond donors (Lipinski definition) is 2. The molecule has 92 valence electrons. The monoisotopic (exact) mass is 301 g/mol. The first-order valence-electron chi connectivity index (χ1n) is 5.40. The van der Waals surface area contributed by atoms with Gasteiger partial charge in [0.25, 0.3) is 5.91 Å². The molecule has 0 atom stereocenters. The zero-order valence-corrected chi connectivity index (χ0v) is 10.8. The minimum Gasteiger partial charge on any atom is -0.396 e. The van der Waals surface area contributed by atoms with Gasteiger partial charge in [-0.05, 0) is 31.0 Å². The number of amides is 1. The fraction of sp³-hybridized carbons (Fsp3) is 0.417. The summed E-state index contributed by atoms with van der Waals surface area (Å²) in [6, 6.07) is 4.24. The van der Waals surface area contributed by atoms with Gasteiger partial charge in [0, 0.05) is 16.4 Å². The molecule has 2 N–H and O–H groups in total. The third-order valence-electron chi connectivity index (χ3n) is 3.09. The number of halogens is 2. The van der Waals surface area contributed by atoms with Gasteiger partial charge in [-0.3, -0.25) is 4.79 Å². The molecular formula is C12H13BrFNO2. The molecule has 0 heterocycles. The molecule has 3 nitrogen and oxygen atoms in total. The van der Waals surface area contributed by atoms with Crippen LogP contribution in [0.5, 0.6) is 0 Å². The normalized spacial score (nSPS) is 16.6. The maximum absolute atomic E-state index is 13.4. The Bertz CT molecular complexity index is 446. The van der Waals surface area contributed by atoms with Crippen molar-refractivity contribution in [2.75, 3.05) is 13.2 Å². The van der Waals surface area contributed by atoms with Crippen LogP contribution in [-0.4, -0.2) is 24.2 Å². The molecule has 1 aliphatic rings. The number of benzene rings is 1. The van der Waals surface area contributed by atoms with E-state index >= 15 is 0 Å². The quantitative estimate of drug-likeness (QED) is 0.895. The van der Waals surface area contributed by atoms with E-state index in [1.807, 2.05) is 0 Å². The molecule has 0 aliphatic heterocycles. The Morgan fingerprint density at radius 3 is 2.82 bits per heavy atom. The number of rotatable bonds is 4. The summed E-state index contributed by atoms with van der Waals surface area (Å²) < 4.78 is 14.1. The van der Waals surface area contributed by atoms with Crippen LogP contribution in [0.25, 0.3) is 0 Å². The van der Waals surface area contributed by atoms with E-state index < -0.39 is 11.7 Å². The first-order valence-corrected chi connectivity index (χ1v) is 6.20. The van der Waals surface area contributed by atoms with Crippen molar-refractivity contribution in [3.05, 3.63) is 34.1 Å². The van der Waals surface area contributed by atoms with Crippen LogP contribution in [0.3, 0.4) is 0 Å². The highest BCUT2D eigenvalue weighted by Gasteiger charge is 2.42. The van der Waals surface area contributed by atoms with E-state index in [1.165, 1.54) is 12.1 Å². The number of aliphatic hydroxyl groups excluding tert-OH is 1. The lowest BCUT2D eigenvalue weighted by molar-refractivity contribution is 0.0931. The van der Waals surface area contributed by atoms with Gasteiger partial charge in [0.15, 0.2) is 0 Å². The molecule has 0 radical (unpaired) electrons. The summed E-state index contributed by atoms with van der Waals surface area (Å²) in [5.74, 6) is -0.983. The Balaban J connectivity index is 2.02. The molecule has 1 fully saturated rings. The van der Waals surface area contributed by atoms with Crippen LogP contribution < -0.4 is 5.32 Å². The first kappa shape index (κ1) is 12.5. The van der Waals surface area contributed by atoms with E-state index in [2.05, 4.69) is 21.2 Å². The molecule has 1 aromatic rings. The van der Waals surface area contributed by atoms with Crippen molar-refractivity contribution in [3.63, 3.8) is 0 Å². The zero-order valence-electron chi connectivity index (χ0n) is 9.17. The smallest absolute Gasteiger partial charge is 0.254 e. The van der Waals surface area contributed by atoms with Crippen LogP contribution in [0.1, 0.15) is 23.2 Å². The average molecular weight is 302 g/mol. The van der Waals surface area contributed by atoms with E-state index in [-0.39, 0.29) is 17.6 Å². The second kappa shape index (κ2) is 4.74. The topological polar surface area (TPSA) is 49.3 Å². The molecule has 5 heteroatoms. The number of nitrogens with one attached hydrogen (secondary N) is 1. The molecule has 17 heavy (non-hydrogen) atoms. The first-order chi connectivity index (χ1) is 8.06. The van der Waals surface area contributed by atoms with E-state index in [0.29, 0.717) is 11.0 Å². The van der Waals surface area contributed by atoms with Crippen LogP contribution >= 0.6 is 15.9 Å². The van der Waals surface area contributed by atoms with Gasteiger partial charge in [-0.25, -0.2) is 4.39 Å². The van der Waals surface area contributed by atoms with Gasteiger partial charge >= 0.3 is 0 Å². The average Bonchev–Trinajstić information content (AvgIpc) is 3.10. The summed E-state index contributed by atoms with van der Waals surface area (Å²) in [6.45, 7) is 0.461. The highest BCUT2D eigenvalue weighted by atomic mass is 79.9. The van der Waals surface area contributed by atoms with E-state index in [9.17, 15) is 9.18 Å². The second-order valence-corrected chi connectivity index (χ2v) is 5.38. The fourth-order valence-corrected chi connectivity index (χ4v) is 1.96. The van der Waals surface area contributed by atoms with E-state index in [0.717, 1.165) is 12.8 Å². The largest absolute Gasteiger partial charge is 0.396 e. The lowest BCUT2D eigenvalue weighted by Crippen LogP contribution is -2.32. The van der Waals surface area contributed by atoms with Crippen LogP contribution in [-0.2, 0) is 0 Å². The van der Waals surface area contributed by atoms with Crippen LogP contribution in [0.15, 0.2) is 22.7 Å². The molecule has 0 saturated heterocycles. The van der Waals surface area contributed by atoms with Crippen LogP contribution in [0.4, 0.5) is 4.39 Å². The Morgan fingerprint density at radius 1 is 1.53 bits per heavy atom. The molecule has 0 spiro atoms. The summed E-state index contributed by atoms with van der Waals surface area (Å²) in [4.78, 5) is 11.8. The van der Waals surface area contributed by atoms with Gasteiger partial charge in [0.05, 0.1) is 12.2 Å². The summed E-state index contributed by atoms with van der Waals surface area (Å²) in [6.07, 6.45) is 1.81. The minimum atomic E-state index is -0.542. The predicted molar refractivity (Wildman–Crippen MR) is 65.2 cm³/mol. The molecule has 1 amide bonds. The lowest BCUT2D eigenvalue weighted by atomic mass is 10.1. The number of carbonyl (C=O) groups excluding carboxylic acids is 1. The van der Waals surface area contributed by atoms with Gasteiger partial charge in [0.2, 0.25) is 0 Å². The second-order valence-electron chi connectivity index (χ2n) is 4.46. The van der Waals surface area contributed by atoms with Crippen molar-refractivity contribution in [2.45, 2.75) is 12.8 Å². The number of hydrogen-bond acceptors (Lipinski definition) is 2. The highest BCUT2D eigenvalue weighted by molar-refractivity contribution is 9.10. The van der Waals surface area contributed by atoms with Gasteiger partial charge in [-0.2, -0.15) is 0 Å². The van der Waals surface area contributed by atoms with E-state index in [1.54, 1.807) is 6.07 Å². The molecular weight excluding hydrogens is 289 g/mol.